The highest BCUT2D eigenvalue weighted by Crippen LogP contribution is 2.27. The summed E-state index contributed by atoms with van der Waals surface area (Å²) in [6, 6.07) is 6.03. The van der Waals surface area contributed by atoms with E-state index in [1.54, 1.807) is 6.07 Å². The molecule has 1 aromatic heterocycles. The standard InChI is InChI=1S/C14H10F4N2O3/c15-13(16)14(17,18)23-11-3-1-2-10(6-11)12(21)20-19-7-9-4-5-22-8-9/h1-8,13H,(H,20,21)/b19-7+. The van der Waals surface area contributed by atoms with E-state index in [1.807, 2.05) is 0 Å². The van der Waals surface area contributed by atoms with Crippen LogP contribution in [0, 0.1) is 0 Å². The number of nitrogens with zero attached hydrogens (tertiary/aromatic N) is 1. The summed E-state index contributed by atoms with van der Waals surface area (Å²) in [5.74, 6) is -1.29. The quantitative estimate of drug-likeness (QED) is 0.502. The van der Waals surface area contributed by atoms with Crippen molar-refractivity contribution in [3.63, 3.8) is 0 Å². The van der Waals surface area contributed by atoms with E-state index in [1.165, 1.54) is 30.9 Å². The Kier molecular flexibility index (Phi) is 4.99. The van der Waals surface area contributed by atoms with Gasteiger partial charge in [0.1, 0.15) is 5.75 Å². The molecule has 1 N–H and O–H groups in total. The molecule has 1 aromatic carbocycles. The summed E-state index contributed by atoms with van der Waals surface area (Å²) in [5.41, 5.74) is 2.66. The van der Waals surface area contributed by atoms with E-state index in [9.17, 15) is 22.4 Å². The number of ether oxygens (including phenoxy) is 1. The van der Waals surface area contributed by atoms with Gasteiger partial charge in [-0.15, -0.1) is 0 Å². The van der Waals surface area contributed by atoms with Crippen molar-refractivity contribution in [2.75, 3.05) is 0 Å². The van der Waals surface area contributed by atoms with E-state index < -0.39 is 24.2 Å². The van der Waals surface area contributed by atoms with Gasteiger partial charge in [-0.2, -0.15) is 22.7 Å². The molecule has 0 aliphatic rings. The number of halogens is 4. The van der Waals surface area contributed by atoms with Gasteiger partial charge < -0.3 is 9.15 Å². The third-order valence-corrected chi connectivity index (χ3v) is 2.53. The second-order valence-electron chi connectivity index (χ2n) is 4.25. The zero-order valence-electron chi connectivity index (χ0n) is 11.4. The topological polar surface area (TPSA) is 63.8 Å². The second-order valence-corrected chi connectivity index (χ2v) is 4.25. The largest absolute Gasteiger partial charge is 0.472 e. The summed E-state index contributed by atoms with van der Waals surface area (Å²) in [4.78, 5) is 11.8. The van der Waals surface area contributed by atoms with Crippen LogP contribution in [0.15, 0.2) is 52.4 Å². The third-order valence-electron chi connectivity index (χ3n) is 2.53. The molecule has 122 valence electrons. The van der Waals surface area contributed by atoms with E-state index in [2.05, 4.69) is 15.3 Å². The number of carbonyl (C=O) groups is 1. The number of benzene rings is 1. The maximum absolute atomic E-state index is 12.8. The number of hydrogen-bond donors (Lipinski definition) is 1. The van der Waals surface area contributed by atoms with Crippen LogP contribution < -0.4 is 10.2 Å². The number of rotatable bonds is 6. The normalized spacial score (nSPS) is 11.9. The van der Waals surface area contributed by atoms with E-state index in [0.717, 1.165) is 12.1 Å². The van der Waals surface area contributed by atoms with E-state index >= 15 is 0 Å². The fourth-order valence-electron chi connectivity index (χ4n) is 1.48. The van der Waals surface area contributed by atoms with Crippen LogP contribution in [0.2, 0.25) is 0 Å². The number of furan rings is 1. The maximum atomic E-state index is 12.8. The summed E-state index contributed by atoms with van der Waals surface area (Å²) >= 11 is 0. The second kappa shape index (κ2) is 6.95. The summed E-state index contributed by atoms with van der Waals surface area (Å²) in [6.45, 7) is 0. The van der Waals surface area contributed by atoms with E-state index in [-0.39, 0.29) is 5.56 Å². The average molecular weight is 330 g/mol. The Balaban J connectivity index is 2.02. The smallest absolute Gasteiger partial charge is 0.461 e. The molecule has 0 fully saturated rings. The summed E-state index contributed by atoms with van der Waals surface area (Å²) in [6.07, 6.45) is -4.54. The highest BCUT2D eigenvalue weighted by Gasteiger charge is 2.44. The summed E-state index contributed by atoms with van der Waals surface area (Å²) in [7, 11) is 0. The van der Waals surface area contributed by atoms with Crippen LogP contribution in [0.25, 0.3) is 0 Å². The Morgan fingerprint density at radius 2 is 2.13 bits per heavy atom. The minimum absolute atomic E-state index is 0.0862. The van der Waals surface area contributed by atoms with Crippen molar-refractivity contribution < 1.29 is 31.5 Å². The van der Waals surface area contributed by atoms with Crippen molar-refractivity contribution in [3.8, 4) is 5.75 Å². The molecule has 0 atom stereocenters. The van der Waals surface area contributed by atoms with Crippen LogP contribution in [0.3, 0.4) is 0 Å². The first-order valence-corrected chi connectivity index (χ1v) is 6.19. The van der Waals surface area contributed by atoms with Crippen molar-refractivity contribution in [2.24, 2.45) is 5.10 Å². The van der Waals surface area contributed by atoms with E-state index in [0.29, 0.717) is 5.56 Å². The Morgan fingerprint density at radius 1 is 1.35 bits per heavy atom. The first kappa shape index (κ1) is 16.5. The Hall–Kier alpha value is -2.84. The van der Waals surface area contributed by atoms with Gasteiger partial charge in [0.05, 0.1) is 18.7 Å². The third kappa shape index (κ3) is 4.56. The molecule has 0 saturated heterocycles. The van der Waals surface area contributed by atoms with Gasteiger partial charge in [-0.1, -0.05) is 6.07 Å². The molecule has 5 nitrogen and oxygen atoms in total. The lowest BCUT2D eigenvalue weighted by Gasteiger charge is -2.16. The molecule has 9 heteroatoms. The number of nitrogens with one attached hydrogen (secondary N) is 1. The zero-order valence-corrected chi connectivity index (χ0v) is 11.4. The fraction of sp³-hybridized carbons (Fsp3) is 0.143. The van der Waals surface area contributed by atoms with Gasteiger partial charge in [0.25, 0.3) is 5.91 Å². The van der Waals surface area contributed by atoms with Crippen LogP contribution >= 0.6 is 0 Å². The first-order chi connectivity index (χ1) is 10.9. The molecule has 2 rings (SSSR count). The summed E-state index contributed by atoms with van der Waals surface area (Å²) in [5, 5.41) is 3.63. The lowest BCUT2D eigenvalue weighted by molar-refractivity contribution is -0.253. The molecular formula is C14H10F4N2O3. The lowest BCUT2D eigenvalue weighted by atomic mass is 10.2. The van der Waals surface area contributed by atoms with Crippen LogP contribution in [-0.4, -0.2) is 24.7 Å². The minimum Gasteiger partial charge on any atom is -0.472 e. The Bertz CT molecular complexity index is 687. The van der Waals surface area contributed by atoms with Crippen molar-refractivity contribution >= 4 is 12.1 Å². The molecular weight excluding hydrogens is 320 g/mol. The van der Waals surface area contributed by atoms with Gasteiger partial charge in [-0.25, -0.2) is 5.43 Å². The van der Waals surface area contributed by atoms with Gasteiger partial charge in [0, 0.05) is 11.1 Å². The predicted octanol–water partition coefficient (Wildman–Crippen LogP) is 3.28. The molecule has 1 heterocycles. The first-order valence-electron chi connectivity index (χ1n) is 6.19. The maximum Gasteiger partial charge on any atom is 0.461 e. The van der Waals surface area contributed by atoms with Gasteiger partial charge in [-0.3, -0.25) is 4.79 Å². The molecule has 0 bridgehead atoms. The lowest BCUT2D eigenvalue weighted by Crippen LogP contribution is -2.33. The van der Waals surface area contributed by atoms with Gasteiger partial charge in [-0.05, 0) is 24.3 Å². The molecule has 1 amide bonds. The monoisotopic (exact) mass is 330 g/mol. The van der Waals surface area contributed by atoms with Gasteiger partial charge in [0.15, 0.2) is 0 Å². The SMILES string of the molecule is O=C(N/N=C/c1ccoc1)c1cccc(OC(F)(F)C(F)F)c1. The van der Waals surface area contributed by atoms with Crippen LogP contribution in [0.5, 0.6) is 5.75 Å². The number of carbonyl (C=O) groups excluding carboxylic acids is 1. The number of hydrogen-bond acceptors (Lipinski definition) is 4. The van der Waals surface area contributed by atoms with E-state index in [4.69, 9.17) is 4.42 Å². The Morgan fingerprint density at radius 3 is 2.78 bits per heavy atom. The molecule has 0 radical (unpaired) electrons. The minimum atomic E-state index is -4.64. The van der Waals surface area contributed by atoms with Crippen LogP contribution in [-0.2, 0) is 0 Å². The molecule has 0 aliphatic carbocycles. The van der Waals surface area contributed by atoms with Crippen molar-refractivity contribution in [1.82, 2.24) is 5.43 Å². The van der Waals surface area contributed by atoms with Crippen molar-refractivity contribution in [2.45, 2.75) is 12.5 Å². The molecule has 0 saturated carbocycles. The highest BCUT2D eigenvalue weighted by molar-refractivity contribution is 5.95. The molecule has 2 aromatic rings. The Labute approximate surface area is 127 Å². The van der Waals surface area contributed by atoms with Gasteiger partial charge in [0.2, 0.25) is 0 Å². The fourth-order valence-corrected chi connectivity index (χ4v) is 1.48. The predicted molar refractivity (Wildman–Crippen MR) is 71.8 cm³/mol. The van der Waals surface area contributed by atoms with Crippen LogP contribution in [0.4, 0.5) is 17.6 Å². The molecule has 0 spiro atoms. The van der Waals surface area contributed by atoms with Crippen LogP contribution in [0.1, 0.15) is 15.9 Å². The zero-order chi connectivity index (χ0) is 16.9. The number of amides is 1. The van der Waals surface area contributed by atoms with Crippen molar-refractivity contribution in [3.05, 3.63) is 54.0 Å². The number of hydrazone groups is 1. The average Bonchev–Trinajstić information content (AvgIpc) is 3.00. The van der Waals surface area contributed by atoms with Gasteiger partial charge >= 0.3 is 12.5 Å². The van der Waals surface area contributed by atoms with Crippen molar-refractivity contribution in [1.29, 1.82) is 0 Å². The summed E-state index contributed by atoms with van der Waals surface area (Å²) < 4.78 is 58.5. The molecule has 0 aliphatic heterocycles. The molecule has 23 heavy (non-hydrogen) atoms. The highest BCUT2D eigenvalue weighted by atomic mass is 19.3. The molecule has 0 unspecified atom stereocenters. The number of alkyl halides is 4.